The fourth-order valence-corrected chi connectivity index (χ4v) is 4.06. The van der Waals surface area contributed by atoms with Gasteiger partial charge in [0.25, 0.3) is 0 Å². The molecule has 0 amide bonds. The van der Waals surface area contributed by atoms with Gasteiger partial charge in [-0.2, -0.15) is 0 Å². The van der Waals surface area contributed by atoms with Crippen LogP contribution < -0.4 is 0 Å². The number of thiophene rings is 1. The van der Waals surface area contributed by atoms with Crippen LogP contribution in [0.1, 0.15) is 0 Å². The van der Waals surface area contributed by atoms with Gasteiger partial charge in [-0.05, 0) is 34.9 Å². The van der Waals surface area contributed by atoms with Gasteiger partial charge in [-0.15, -0.1) is 11.3 Å². The maximum atomic E-state index is 6.25. The highest BCUT2D eigenvalue weighted by atomic mass is 35.5. The number of fused-ring (bicyclic) bond motifs is 3. The Labute approximate surface area is 135 Å². The maximum absolute atomic E-state index is 6.25. The molecule has 0 aliphatic rings. The molecule has 2 aromatic heterocycles. The molecule has 4 rings (SSSR count). The number of rotatable bonds is 1. The molecule has 0 bridgehead atoms. The van der Waals surface area contributed by atoms with Crippen LogP contribution in [0.25, 0.3) is 31.4 Å². The van der Waals surface area contributed by atoms with Crippen LogP contribution in [0.2, 0.25) is 10.4 Å². The van der Waals surface area contributed by atoms with Crippen molar-refractivity contribution >= 4 is 54.8 Å². The number of aromatic nitrogens is 2. The fraction of sp³-hybridized carbons (Fsp3) is 0. The first-order valence-corrected chi connectivity index (χ1v) is 7.90. The zero-order valence-electron chi connectivity index (χ0n) is 10.7. The zero-order valence-corrected chi connectivity index (χ0v) is 13.0. The lowest BCUT2D eigenvalue weighted by Gasteiger charge is -2.02. The van der Waals surface area contributed by atoms with E-state index in [1.165, 1.54) is 5.56 Å². The van der Waals surface area contributed by atoms with Crippen molar-refractivity contribution in [3.8, 4) is 11.1 Å². The molecule has 0 N–H and O–H groups in total. The van der Waals surface area contributed by atoms with Crippen LogP contribution in [-0.2, 0) is 0 Å². The van der Waals surface area contributed by atoms with Crippen LogP contribution in [0.3, 0.4) is 0 Å². The summed E-state index contributed by atoms with van der Waals surface area (Å²) in [6.45, 7) is 0. The number of hydrogen-bond acceptors (Lipinski definition) is 3. The Morgan fingerprint density at radius 1 is 0.857 bits per heavy atom. The fourth-order valence-electron chi connectivity index (χ4n) is 2.42. The van der Waals surface area contributed by atoms with Gasteiger partial charge in [-0.3, -0.25) is 0 Å². The van der Waals surface area contributed by atoms with E-state index >= 15 is 0 Å². The van der Waals surface area contributed by atoms with E-state index in [0.29, 0.717) is 5.15 Å². The van der Waals surface area contributed by atoms with E-state index in [4.69, 9.17) is 23.2 Å². The summed E-state index contributed by atoms with van der Waals surface area (Å²) in [6, 6.07) is 16.6. The second kappa shape index (κ2) is 4.95. The average molecular weight is 331 g/mol. The molecule has 0 fully saturated rings. The first-order valence-electron chi connectivity index (χ1n) is 6.33. The summed E-state index contributed by atoms with van der Waals surface area (Å²) in [5.74, 6) is 0. The predicted molar refractivity (Wildman–Crippen MR) is 90.4 cm³/mol. The Balaban J connectivity index is 2.05. The second-order valence-electron chi connectivity index (χ2n) is 4.64. The van der Waals surface area contributed by atoms with Gasteiger partial charge in [-0.1, -0.05) is 48.0 Å². The Kier molecular flexibility index (Phi) is 3.07. The van der Waals surface area contributed by atoms with Crippen molar-refractivity contribution in [1.29, 1.82) is 0 Å². The molecule has 0 spiro atoms. The normalized spacial score (nSPS) is 11.3. The standard InChI is InChI=1S/C16H8Cl2N2S/c17-14-13-11-8-10(9-4-2-1-3-5-9)6-7-12(11)21-15(13)20-16(18)19-14/h1-8H. The van der Waals surface area contributed by atoms with Crippen molar-refractivity contribution < 1.29 is 0 Å². The molecular formula is C16H8Cl2N2S. The smallest absolute Gasteiger partial charge is 0.207 e. The summed E-state index contributed by atoms with van der Waals surface area (Å²) in [6.07, 6.45) is 0. The molecule has 2 heterocycles. The second-order valence-corrected chi connectivity index (χ2v) is 6.37. The first kappa shape index (κ1) is 13.0. The summed E-state index contributed by atoms with van der Waals surface area (Å²) >= 11 is 13.7. The van der Waals surface area contributed by atoms with Gasteiger partial charge in [0, 0.05) is 10.1 Å². The third-order valence-corrected chi connectivity index (χ3v) is 4.87. The lowest BCUT2D eigenvalue weighted by Crippen LogP contribution is -1.83. The first-order chi connectivity index (χ1) is 10.2. The third kappa shape index (κ3) is 2.18. The summed E-state index contributed by atoms with van der Waals surface area (Å²) in [4.78, 5) is 9.14. The largest absolute Gasteiger partial charge is 0.225 e. The Morgan fingerprint density at radius 3 is 2.48 bits per heavy atom. The van der Waals surface area contributed by atoms with Crippen molar-refractivity contribution in [1.82, 2.24) is 9.97 Å². The van der Waals surface area contributed by atoms with E-state index in [1.807, 2.05) is 18.2 Å². The van der Waals surface area contributed by atoms with Gasteiger partial charge in [0.05, 0.1) is 5.39 Å². The molecule has 0 aliphatic heterocycles. The minimum Gasteiger partial charge on any atom is -0.207 e. The van der Waals surface area contributed by atoms with Crippen LogP contribution in [0.15, 0.2) is 48.5 Å². The van der Waals surface area contributed by atoms with Crippen LogP contribution in [-0.4, -0.2) is 9.97 Å². The molecule has 5 heteroatoms. The molecular weight excluding hydrogens is 323 g/mol. The van der Waals surface area contributed by atoms with Crippen molar-refractivity contribution in [2.45, 2.75) is 0 Å². The Morgan fingerprint density at radius 2 is 1.67 bits per heavy atom. The highest BCUT2D eigenvalue weighted by Crippen LogP contribution is 2.38. The van der Waals surface area contributed by atoms with Crippen LogP contribution in [0.4, 0.5) is 0 Å². The van der Waals surface area contributed by atoms with Gasteiger partial charge in [0.1, 0.15) is 9.98 Å². The van der Waals surface area contributed by atoms with Crippen molar-refractivity contribution in [3.05, 3.63) is 59.0 Å². The minimum atomic E-state index is 0.183. The maximum Gasteiger partial charge on any atom is 0.225 e. The van der Waals surface area contributed by atoms with Gasteiger partial charge in [0.15, 0.2) is 0 Å². The summed E-state index contributed by atoms with van der Waals surface area (Å²) in [5.41, 5.74) is 2.32. The third-order valence-electron chi connectivity index (χ3n) is 3.37. The monoisotopic (exact) mass is 330 g/mol. The zero-order chi connectivity index (χ0) is 14.4. The molecule has 102 valence electrons. The number of halogens is 2. The van der Waals surface area contributed by atoms with Crippen LogP contribution in [0, 0.1) is 0 Å². The van der Waals surface area contributed by atoms with Crippen molar-refractivity contribution in [2.75, 3.05) is 0 Å². The van der Waals surface area contributed by atoms with Gasteiger partial charge < -0.3 is 0 Å². The lowest BCUT2D eigenvalue weighted by molar-refractivity contribution is 1.24. The number of nitrogens with zero attached hydrogens (tertiary/aromatic N) is 2. The molecule has 0 atom stereocenters. The molecule has 2 nitrogen and oxygen atoms in total. The van der Waals surface area contributed by atoms with Gasteiger partial charge in [-0.25, -0.2) is 9.97 Å². The topological polar surface area (TPSA) is 25.8 Å². The minimum absolute atomic E-state index is 0.183. The molecule has 0 saturated heterocycles. The molecule has 2 aromatic carbocycles. The molecule has 0 unspecified atom stereocenters. The van der Waals surface area contributed by atoms with Gasteiger partial charge in [0.2, 0.25) is 5.28 Å². The molecule has 0 aliphatic carbocycles. The van der Waals surface area contributed by atoms with Gasteiger partial charge >= 0.3 is 0 Å². The molecule has 0 saturated carbocycles. The Hall–Kier alpha value is -1.68. The van der Waals surface area contributed by atoms with Crippen molar-refractivity contribution in [3.63, 3.8) is 0 Å². The van der Waals surface area contributed by atoms with E-state index in [2.05, 4.69) is 40.3 Å². The Bertz CT molecular complexity index is 964. The molecule has 0 radical (unpaired) electrons. The molecule has 21 heavy (non-hydrogen) atoms. The highest BCUT2D eigenvalue weighted by Gasteiger charge is 2.13. The van der Waals surface area contributed by atoms with E-state index in [1.54, 1.807) is 11.3 Å². The van der Waals surface area contributed by atoms with E-state index < -0.39 is 0 Å². The van der Waals surface area contributed by atoms with E-state index in [9.17, 15) is 0 Å². The van der Waals surface area contributed by atoms with E-state index in [0.717, 1.165) is 25.9 Å². The highest BCUT2D eigenvalue weighted by molar-refractivity contribution is 7.25. The summed E-state index contributed by atoms with van der Waals surface area (Å²) in [5, 5.41) is 2.53. The lowest BCUT2D eigenvalue weighted by atomic mass is 10.0. The molecule has 4 aromatic rings. The van der Waals surface area contributed by atoms with E-state index in [-0.39, 0.29) is 5.28 Å². The summed E-state index contributed by atoms with van der Waals surface area (Å²) in [7, 11) is 0. The van der Waals surface area contributed by atoms with Crippen molar-refractivity contribution in [2.24, 2.45) is 0 Å². The SMILES string of the molecule is Clc1nc(Cl)c2c(n1)sc1ccc(-c3ccccc3)cc12. The number of benzene rings is 2. The summed E-state index contributed by atoms with van der Waals surface area (Å²) < 4.78 is 1.13. The van der Waals surface area contributed by atoms with Crippen LogP contribution in [0.5, 0.6) is 0 Å². The van der Waals surface area contributed by atoms with Crippen LogP contribution >= 0.6 is 34.5 Å². The average Bonchev–Trinajstić information content (AvgIpc) is 2.85. The predicted octanol–water partition coefficient (Wildman–Crippen LogP) is 5.82. The quantitative estimate of drug-likeness (QED) is 0.324. The number of hydrogen-bond donors (Lipinski definition) is 0.